The number of halogens is 1. The van der Waals surface area contributed by atoms with Crippen LogP contribution in [0.3, 0.4) is 0 Å². The summed E-state index contributed by atoms with van der Waals surface area (Å²) in [5.41, 5.74) is 0. The van der Waals surface area contributed by atoms with E-state index in [-0.39, 0.29) is 30.1 Å². The predicted molar refractivity (Wildman–Crippen MR) is 106 cm³/mol. The molecular formula is C17H34IN3O2. The van der Waals surface area contributed by atoms with E-state index in [4.69, 9.17) is 14.5 Å². The van der Waals surface area contributed by atoms with Gasteiger partial charge in [-0.05, 0) is 31.6 Å². The first-order valence-electron chi connectivity index (χ1n) is 8.86. The van der Waals surface area contributed by atoms with E-state index < -0.39 is 0 Å². The third kappa shape index (κ3) is 7.13. The molecule has 2 rings (SSSR count). The van der Waals surface area contributed by atoms with Crippen LogP contribution in [0.25, 0.3) is 0 Å². The molecule has 136 valence electrons. The zero-order valence-electron chi connectivity index (χ0n) is 14.9. The van der Waals surface area contributed by atoms with Crippen molar-refractivity contribution in [2.24, 2.45) is 16.8 Å². The van der Waals surface area contributed by atoms with Crippen molar-refractivity contribution in [3.8, 4) is 0 Å². The number of ether oxygens (including phenoxy) is 2. The van der Waals surface area contributed by atoms with Crippen LogP contribution < -0.4 is 5.32 Å². The molecule has 0 aromatic rings. The summed E-state index contributed by atoms with van der Waals surface area (Å²) < 4.78 is 11.0. The summed E-state index contributed by atoms with van der Waals surface area (Å²) in [6.07, 6.45) is 5.58. The lowest BCUT2D eigenvalue weighted by atomic mass is 9.82. The first kappa shape index (κ1) is 21.0. The quantitative estimate of drug-likeness (QED) is 0.407. The summed E-state index contributed by atoms with van der Waals surface area (Å²) in [6, 6.07) is 0. The molecule has 6 heteroatoms. The zero-order valence-corrected chi connectivity index (χ0v) is 17.3. The van der Waals surface area contributed by atoms with E-state index in [0.717, 1.165) is 50.6 Å². The van der Waals surface area contributed by atoms with Crippen LogP contribution in [0.5, 0.6) is 0 Å². The van der Waals surface area contributed by atoms with Gasteiger partial charge in [-0.1, -0.05) is 19.8 Å². The van der Waals surface area contributed by atoms with Gasteiger partial charge in [-0.15, -0.1) is 24.0 Å². The number of methoxy groups -OCH3 is 1. The Kier molecular flexibility index (Phi) is 10.5. The van der Waals surface area contributed by atoms with E-state index >= 15 is 0 Å². The molecule has 1 aliphatic carbocycles. The fourth-order valence-electron chi connectivity index (χ4n) is 3.57. The van der Waals surface area contributed by atoms with Gasteiger partial charge in [0, 0.05) is 33.3 Å². The van der Waals surface area contributed by atoms with Crippen LogP contribution in [-0.4, -0.2) is 63.5 Å². The van der Waals surface area contributed by atoms with Gasteiger partial charge in [0.25, 0.3) is 0 Å². The lowest BCUT2D eigenvalue weighted by molar-refractivity contribution is -0.0447. The van der Waals surface area contributed by atoms with E-state index in [9.17, 15) is 0 Å². The van der Waals surface area contributed by atoms with Gasteiger partial charge >= 0.3 is 0 Å². The minimum Gasteiger partial charge on any atom is -0.382 e. The Labute approximate surface area is 158 Å². The van der Waals surface area contributed by atoms with Crippen molar-refractivity contribution in [3.05, 3.63) is 0 Å². The molecule has 1 heterocycles. The van der Waals surface area contributed by atoms with Crippen LogP contribution in [0.1, 0.15) is 39.5 Å². The van der Waals surface area contributed by atoms with Crippen molar-refractivity contribution in [2.75, 3.05) is 46.5 Å². The maximum Gasteiger partial charge on any atom is 0.194 e. The smallest absolute Gasteiger partial charge is 0.194 e. The summed E-state index contributed by atoms with van der Waals surface area (Å²) in [5.74, 6) is 2.67. The average molecular weight is 439 g/mol. The second kappa shape index (κ2) is 11.5. The molecule has 5 nitrogen and oxygen atoms in total. The van der Waals surface area contributed by atoms with Gasteiger partial charge in [0.05, 0.1) is 19.3 Å². The third-order valence-corrected chi connectivity index (χ3v) is 4.67. The number of hydrogen-bond acceptors (Lipinski definition) is 3. The van der Waals surface area contributed by atoms with Gasteiger partial charge in [0.1, 0.15) is 0 Å². The molecule has 0 aromatic heterocycles. The van der Waals surface area contributed by atoms with Crippen molar-refractivity contribution >= 4 is 29.9 Å². The van der Waals surface area contributed by atoms with Crippen LogP contribution >= 0.6 is 24.0 Å². The fourth-order valence-corrected chi connectivity index (χ4v) is 3.57. The normalized spacial score (nSPS) is 29.1. The van der Waals surface area contributed by atoms with Crippen molar-refractivity contribution in [2.45, 2.75) is 45.6 Å². The highest BCUT2D eigenvalue weighted by atomic mass is 127. The second-order valence-corrected chi connectivity index (χ2v) is 6.73. The van der Waals surface area contributed by atoms with Gasteiger partial charge in [0.2, 0.25) is 0 Å². The molecule has 23 heavy (non-hydrogen) atoms. The first-order valence-corrected chi connectivity index (χ1v) is 8.86. The van der Waals surface area contributed by atoms with Gasteiger partial charge in [-0.2, -0.15) is 0 Å². The molecule has 2 fully saturated rings. The molecule has 0 amide bonds. The molecular weight excluding hydrogens is 405 g/mol. The fraction of sp³-hybridized carbons (Fsp3) is 0.941. The summed E-state index contributed by atoms with van der Waals surface area (Å²) in [7, 11) is 1.73. The Bertz CT molecular complexity index is 353. The van der Waals surface area contributed by atoms with E-state index in [2.05, 4.69) is 24.1 Å². The summed E-state index contributed by atoms with van der Waals surface area (Å²) in [6.45, 7) is 9.54. The SMILES string of the molecule is CCNC(=NCC1CCCC(C)C1)N1CCOC(COC)C1.I. The highest BCUT2D eigenvalue weighted by Crippen LogP contribution is 2.28. The van der Waals surface area contributed by atoms with Gasteiger partial charge in [0.15, 0.2) is 5.96 Å². The predicted octanol–water partition coefficient (Wildman–Crippen LogP) is 2.74. The standard InChI is InChI=1S/C17H33N3O2.HI/c1-4-18-17(19-11-15-7-5-6-14(2)10-15)20-8-9-22-16(12-20)13-21-3;/h14-16H,4-13H2,1-3H3,(H,18,19);1H. The van der Waals surface area contributed by atoms with Crippen LogP contribution in [0.4, 0.5) is 0 Å². The third-order valence-electron chi connectivity index (χ3n) is 4.67. The molecule has 2 aliphatic rings. The highest BCUT2D eigenvalue weighted by molar-refractivity contribution is 14.0. The Balaban J connectivity index is 0.00000264. The monoisotopic (exact) mass is 439 g/mol. The topological polar surface area (TPSA) is 46.1 Å². The maximum atomic E-state index is 5.74. The van der Waals surface area contributed by atoms with Crippen molar-refractivity contribution in [3.63, 3.8) is 0 Å². The van der Waals surface area contributed by atoms with E-state index in [1.165, 1.54) is 25.7 Å². The van der Waals surface area contributed by atoms with E-state index in [1.807, 2.05) is 0 Å². The van der Waals surface area contributed by atoms with Crippen molar-refractivity contribution < 1.29 is 9.47 Å². The second-order valence-electron chi connectivity index (χ2n) is 6.73. The zero-order chi connectivity index (χ0) is 15.8. The molecule has 1 saturated heterocycles. The van der Waals surface area contributed by atoms with E-state index in [0.29, 0.717) is 6.61 Å². The largest absolute Gasteiger partial charge is 0.382 e. The maximum absolute atomic E-state index is 5.74. The Morgan fingerprint density at radius 1 is 1.39 bits per heavy atom. The molecule has 1 saturated carbocycles. The highest BCUT2D eigenvalue weighted by Gasteiger charge is 2.24. The molecule has 3 unspecified atom stereocenters. The number of hydrogen-bond donors (Lipinski definition) is 1. The van der Waals surface area contributed by atoms with Gasteiger partial charge in [-0.3, -0.25) is 4.99 Å². The number of nitrogens with zero attached hydrogens (tertiary/aromatic N) is 2. The summed E-state index contributed by atoms with van der Waals surface area (Å²) in [4.78, 5) is 7.25. The van der Waals surface area contributed by atoms with Gasteiger partial charge in [-0.25, -0.2) is 0 Å². The van der Waals surface area contributed by atoms with Gasteiger partial charge < -0.3 is 19.7 Å². The van der Waals surface area contributed by atoms with E-state index in [1.54, 1.807) is 7.11 Å². The number of morpholine rings is 1. The minimum atomic E-state index is 0. The molecule has 3 atom stereocenters. The Morgan fingerprint density at radius 3 is 2.91 bits per heavy atom. The number of rotatable bonds is 5. The number of aliphatic imine (C=N–C) groups is 1. The van der Waals surface area contributed by atoms with Crippen molar-refractivity contribution in [1.29, 1.82) is 0 Å². The Morgan fingerprint density at radius 2 is 2.22 bits per heavy atom. The lowest BCUT2D eigenvalue weighted by Crippen LogP contribution is -2.51. The molecule has 0 spiro atoms. The summed E-state index contributed by atoms with van der Waals surface area (Å²) in [5, 5.41) is 3.45. The summed E-state index contributed by atoms with van der Waals surface area (Å²) >= 11 is 0. The minimum absolute atomic E-state index is 0. The first-order chi connectivity index (χ1) is 10.7. The molecule has 0 bridgehead atoms. The average Bonchev–Trinajstić information content (AvgIpc) is 2.52. The van der Waals surface area contributed by atoms with Crippen LogP contribution in [-0.2, 0) is 9.47 Å². The van der Waals surface area contributed by atoms with Crippen LogP contribution in [0, 0.1) is 11.8 Å². The molecule has 0 aromatic carbocycles. The van der Waals surface area contributed by atoms with Crippen LogP contribution in [0.2, 0.25) is 0 Å². The molecule has 1 aliphatic heterocycles. The molecule has 1 N–H and O–H groups in total. The van der Waals surface area contributed by atoms with Crippen LogP contribution in [0.15, 0.2) is 4.99 Å². The van der Waals surface area contributed by atoms with Crippen molar-refractivity contribution in [1.82, 2.24) is 10.2 Å². The lowest BCUT2D eigenvalue weighted by Gasteiger charge is -2.35. The number of nitrogens with one attached hydrogen (secondary N) is 1. The Hall–Kier alpha value is -0.0800. The number of guanidine groups is 1. The molecule has 0 radical (unpaired) electrons.